The fourth-order valence-electron chi connectivity index (χ4n) is 3.85. The molecule has 4 rings (SSSR count). The summed E-state index contributed by atoms with van der Waals surface area (Å²) in [6, 6.07) is 17.6. The minimum absolute atomic E-state index is 0.170. The molecular weight excluding hydrogens is 412 g/mol. The van der Waals surface area contributed by atoms with E-state index in [1.165, 1.54) is 56.6 Å². The summed E-state index contributed by atoms with van der Waals surface area (Å²) in [5, 5.41) is 14.2. The van der Waals surface area contributed by atoms with Gasteiger partial charge in [-0.3, -0.25) is 4.55 Å². The quantitative estimate of drug-likeness (QED) is 0.380. The highest BCUT2D eigenvalue weighted by Gasteiger charge is 2.11. The van der Waals surface area contributed by atoms with Gasteiger partial charge in [0, 0.05) is 29.5 Å². The Morgan fingerprint density at radius 2 is 1.58 bits per heavy atom. The Kier molecular flexibility index (Phi) is 6.60. The normalized spacial score (nSPS) is 15.5. The van der Waals surface area contributed by atoms with Crippen molar-refractivity contribution in [2.24, 2.45) is 10.2 Å². The van der Waals surface area contributed by atoms with Crippen LogP contribution < -0.4 is 5.32 Å². The lowest BCUT2D eigenvalue weighted by Crippen LogP contribution is -2.33. The Morgan fingerprint density at radius 3 is 2.29 bits per heavy atom. The summed E-state index contributed by atoms with van der Waals surface area (Å²) in [4.78, 5) is 2.34. The first-order valence-electron chi connectivity index (χ1n) is 10.5. The highest BCUT2D eigenvalue weighted by atomic mass is 32.2. The largest absolute Gasteiger partial charge is 0.383 e. The van der Waals surface area contributed by atoms with E-state index in [-0.39, 0.29) is 4.90 Å². The van der Waals surface area contributed by atoms with Gasteiger partial charge in [-0.2, -0.15) is 13.5 Å². The van der Waals surface area contributed by atoms with Crippen molar-refractivity contribution in [1.82, 2.24) is 4.90 Å². The van der Waals surface area contributed by atoms with E-state index < -0.39 is 10.1 Å². The monoisotopic (exact) mass is 438 g/mol. The smallest absolute Gasteiger partial charge is 0.294 e. The predicted octanol–water partition coefficient (Wildman–Crippen LogP) is 5.40. The molecule has 0 unspecified atom stereocenters. The third kappa shape index (κ3) is 5.46. The summed E-state index contributed by atoms with van der Waals surface area (Å²) in [6.45, 7) is 4.31. The molecule has 3 aromatic carbocycles. The maximum absolute atomic E-state index is 11.2. The van der Waals surface area contributed by atoms with E-state index in [4.69, 9.17) is 4.55 Å². The van der Waals surface area contributed by atoms with E-state index in [9.17, 15) is 8.42 Å². The standard InChI is InChI=1S/C23H26N4O3S/c28-31(29,30)19-10-8-18(9-11-19)25-26-23-13-12-22(20-6-2-3-7-21(20)23)24-14-17-27-15-4-1-5-16-27/h2-3,6-13,24H,1,4-5,14-17H2,(H,28,29,30). The van der Waals surface area contributed by atoms with Gasteiger partial charge in [-0.15, -0.1) is 5.11 Å². The number of likely N-dealkylation sites (tertiary alicyclic amines) is 1. The van der Waals surface area contributed by atoms with Gasteiger partial charge in [0.1, 0.15) is 0 Å². The minimum Gasteiger partial charge on any atom is -0.383 e. The van der Waals surface area contributed by atoms with Crippen molar-refractivity contribution in [2.75, 3.05) is 31.5 Å². The second-order valence-electron chi connectivity index (χ2n) is 7.68. The average Bonchev–Trinajstić information content (AvgIpc) is 2.79. The Bertz CT molecular complexity index is 1170. The second-order valence-corrected chi connectivity index (χ2v) is 9.10. The fraction of sp³-hybridized carbons (Fsp3) is 0.304. The maximum atomic E-state index is 11.2. The third-order valence-corrected chi connectivity index (χ3v) is 6.37. The number of nitrogens with one attached hydrogen (secondary N) is 1. The summed E-state index contributed by atoms with van der Waals surface area (Å²) >= 11 is 0. The van der Waals surface area contributed by atoms with Crippen LogP contribution in [0.25, 0.3) is 10.8 Å². The van der Waals surface area contributed by atoms with Crippen LogP contribution in [0, 0.1) is 0 Å². The maximum Gasteiger partial charge on any atom is 0.294 e. The Morgan fingerprint density at radius 1 is 0.871 bits per heavy atom. The van der Waals surface area contributed by atoms with Crippen molar-refractivity contribution in [1.29, 1.82) is 0 Å². The van der Waals surface area contributed by atoms with Crippen LogP contribution in [0.1, 0.15) is 19.3 Å². The topological polar surface area (TPSA) is 94.4 Å². The van der Waals surface area contributed by atoms with Crippen molar-refractivity contribution in [3.05, 3.63) is 60.7 Å². The number of hydrogen-bond donors (Lipinski definition) is 2. The van der Waals surface area contributed by atoms with Crippen molar-refractivity contribution >= 4 is 38.0 Å². The van der Waals surface area contributed by atoms with Gasteiger partial charge >= 0.3 is 0 Å². The highest BCUT2D eigenvalue weighted by molar-refractivity contribution is 7.85. The van der Waals surface area contributed by atoms with Gasteiger partial charge in [0.05, 0.1) is 16.3 Å². The minimum atomic E-state index is -4.22. The molecule has 1 fully saturated rings. The van der Waals surface area contributed by atoms with Crippen LogP contribution in [0.4, 0.5) is 17.1 Å². The van der Waals surface area contributed by atoms with Crippen LogP contribution in [0.2, 0.25) is 0 Å². The zero-order valence-electron chi connectivity index (χ0n) is 17.2. The first kappa shape index (κ1) is 21.4. The van der Waals surface area contributed by atoms with Crippen LogP contribution in [0.3, 0.4) is 0 Å². The van der Waals surface area contributed by atoms with Crippen LogP contribution in [-0.2, 0) is 10.1 Å². The Labute approximate surface area is 182 Å². The predicted molar refractivity (Wildman–Crippen MR) is 123 cm³/mol. The molecule has 1 aliphatic rings. The SMILES string of the molecule is O=S(=O)(O)c1ccc(N=Nc2ccc(NCCN3CCCCC3)c3ccccc23)cc1. The van der Waals surface area contributed by atoms with Crippen LogP contribution in [0.15, 0.2) is 75.8 Å². The Balaban J connectivity index is 1.50. The molecule has 1 saturated heterocycles. The number of hydrogen-bond acceptors (Lipinski definition) is 6. The van der Waals surface area contributed by atoms with Gasteiger partial charge in [0.25, 0.3) is 10.1 Å². The van der Waals surface area contributed by atoms with Gasteiger partial charge in [0.2, 0.25) is 0 Å². The van der Waals surface area contributed by atoms with Gasteiger partial charge in [-0.05, 0) is 62.3 Å². The molecule has 0 saturated carbocycles. The van der Waals surface area contributed by atoms with E-state index in [1.54, 1.807) is 0 Å². The number of benzene rings is 3. The molecule has 0 bridgehead atoms. The number of rotatable bonds is 7. The molecule has 2 N–H and O–H groups in total. The van der Waals surface area contributed by atoms with Crippen LogP contribution in [-0.4, -0.2) is 44.0 Å². The van der Waals surface area contributed by atoms with Crippen LogP contribution in [0.5, 0.6) is 0 Å². The van der Waals surface area contributed by atoms with Crippen molar-refractivity contribution in [2.45, 2.75) is 24.2 Å². The molecule has 31 heavy (non-hydrogen) atoms. The van der Waals surface area contributed by atoms with E-state index in [1.807, 2.05) is 30.3 Å². The molecule has 3 aromatic rings. The molecule has 0 spiro atoms. The molecule has 0 aromatic heterocycles. The lowest BCUT2D eigenvalue weighted by Gasteiger charge is -2.26. The van der Waals surface area contributed by atoms with Crippen LogP contribution >= 0.6 is 0 Å². The molecule has 0 atom stereocenters. The van der Waals surface area contributed by atoms with Crippen molar-refractivity contribution in [3.63, 3.8) is 0 Å². The molecule has 0 aliphatic carbocycles. The van der Waals surface area contributed by atoms with Gasteiger partial charge in [-0.25, -0.2) is 0 Å². The second kappa shape index (κ2) is 9.55. The van der Waals surface area contributed by atoms with Gasteiger partial charge in [-0.1, -0.05) is 30.7 Å². The first-order valence-corrected chi connectivity index (χ1v) is 11.9. The average molecular weight is 439 g/mol. The van der Waals surface area contributed by atoms with Crippen molar-refractivity contribution in [3.8, 4) is 0 Å². The molecule has 7 nitrogen and oxygen atoms in total. The summed E-state index contributed by atoms with van der Waals surface area (Å²) in [5.74, 6) is 0. The van der Waals surface area contributed by atoms with E-state index >= 15 is 0 Å². The van der Waals surface area contributed by atoms with E-state index in [0.29, 0.717) is 5.69 Å². The number of anilines is 1. The highest BCUT2D eigenvalue weighted by Crippen LogP contribution is 2.33. The van der Waals surface area contributed by atoms with E-state index in [2.05, 4.69) is 26.5 Å². The molecular formula is C23H26N4O3S. The van der Waals surface area contributed by atoms with Gasteiger partial charge < -0.3 is 10.2 Å². The summed E-state index contributed by atoms with van der Waals surface area (Å²) in [7, 11) is -4.22. The molecule has 8 heteroatoms. The van der Waals surface area contributed by atoms with Gasteiger partial charge in [0.15, 0.2) is 0 Å². The van der Waals surface area contributed by atoms with E-state index in [0.717, 1.165) is 35.2 Å². The molecule has 1 aliphatic heterocycles. The first-order chi connectivity index (χ1) is 15.0. The number of azo groups is 1. The zero-order chi connectivity index (χ0) is 21.7. The third-order valence-electron chi connectivity index (χ3n) is 5.50. The molecule has 0 amide bonds. The summed E-state index contributed by atoms with van der Waals surface area (Å²) in [6.07, 6.45) is 3.93. The number of piperidine rings is 1. The lowest BCUT2D eigenvalue weighted by atomic mass is 10.1. The fourth-order valence-corrected chi connectivity index (χ4v) is 4.33. The zero-order valence-corrected chi connectivity index (χ0v) is 18.1. The Hall–Kier alpha value is -2.81. The van der Waals surface area contributed by atoms with Crippen molar-refractivity contribution < 1.29 is 13.0 Å². The summed E-state index contributed by atoms with van der Waals surface area (Å²) < 4.78 is 31.4. The molecule has 0 radical (unpaired) electrons. The lowest BCUT2D eigenvalue weighted by molar-refractivity contribution is 0.237. The number of nitrogens with zero attached hydrogens (tertiary/aromatic N) is 3. The molecule has 162 valence electrons. The summed E-state index contributed by atoms with van der Waals surface area (Å²) in [5.41, 5.74) is 2.31. The number of fused-ring (bicyclic) bond motifs is 1. The molecule has 1 heterocycles.